The molecule has 1 aromatic rings. The van der Waals surface area contributed by atoms with Gasteiger partial charge in [-0.2, -0.15) is 0 Å². The average molecular weight is 240 g/mol. The Morgan fingerprint density at radius 1 is 1.44 bits per heavy atom. The first-order valence-corrected chi connectivity index (χ1v) is 5.15. The number of hydrogen-bond donors (Lipinski definition) is 0. The number of rotatable bonds is 3. The van der Waals surface area contributed by atoms with E-state index in [1.165, 1.54) is 11.0 Å². The van der Waals surface area contributed by atoms with E-state index in [2.05, 4.69) is 0 Å². The molecule has 0 saturated heterocycles. The van der Waals surface area contributed by atoms with Crippen LogP contribution in [0.4, 0.5) is 0 Å². The molecule has 0 unspecified atom stereocenters. The number of likely N-dealkylation sites (N-methyl/N-ethyl adjacent to an activating group) is 1. The Morgan fingerprint density at radius 3 is 2.62 bits per heavy atom. The van der Waals surface area contributed by atoms with E-state index in [-0.39, 0.29) is 5.91 Å². The number of methoxy groups -OCH3 is 1. The fraction of sp³-hybridized carbons (Fsp3) is 0.250. The number of carbonyl (C=O) groups is 1. The quantitative estimate of drug-likeness (QED) is 0.759. The third kappa shape index (κ3) is 3.28. The minimum atomic E-state index is -0.0630. The molecule has 0 fully saturated rings. The van der Waals surface area contributed by atoms with E-state index >= 15 is 0 Å². The van der Waals surface area contributed by atoms with Crippen molar-refractivity contribution in [2.24, 2.45) is 0 Å². The Labute approximate surface area is 100 Å². The summed E-state index contributed by atoms with van der Waals surface area (Å²) in [5.41, 5.74) is 0.862. The summed E-state index contributed by atoms with van der Waals surface area (Å²) in [6, 6.07) is 5.35. The first-order chi connectivity index (χ1) is 7.54. The highest BCUT2D eigenvalue weighted by atomic mass is 35.5. The van der Waals surface area contributed by atoms with Crippen molar-refractivity contribution in [3.8, 4) is 5.75 Å². The Morgan fingerprint density at radius 2 is 2.12 bits per heavy atom. The maximum Gasteiger partial charge on any atom is 0.246 e. The molecule has 0 radical (unpaired) electrons. The maximum atomic E-state index is 11.3. The summed E-state index contributed by atoms with van der Waals surface area (Å²) in [5.74, 6) is 0.560. The highest BCUT2D eigenvalue weighted by molar-refractivity contribution is 6.32. The van der Waals surface area contributed by atoms with Crippen molar-refractivity contribution < 1.29 is 9.53 Å². The minimum Gasteiger partial charge on any atom is -0.495 e. The predicted octanol–water partition coefficient (Wildman–Crippen LogP) is 2.45. The zero-order valence-electron chi connectivity index (χ0n) is 9.53. The SMILES string of the molecule is COc1ccc(C=CC(=O)N(C)C)cc1Cl. The van der Waals surface area contributed by atoms with Crippen molar-refractivity contribution in [2.75, 3.05) is 21.2 Å². The lowest BCUT2D eigenvalue weighted by atomic mass is 10.2. The Balaban J connectivity index is 2.83. The largest absolute Gasteiger partial charge is 0.495 e. The lowest BCUT2D eigenvalue weighted by molar-refractivity contribution is -0.123. The van der Waals surface area contributed by atoms with Gasteiger partial charge in [0.15, 0.2) is 0 Å². The molecule has 0 atom stereocenters. The van der Waals surface area contributed by atoms with Crippen LogP contribution in [0.15, 0.2) is 24.3 Å². The van der Waals surface area contributed by atoms with Gasteiger partial charge in [-0.3, -0.25) is 4.79 Å². The summed E-state index contributed by atoms with van der Waals surface area (Å²) in [6.07, 6.45) is 3.21. The summed E-state index contributed by atoms with van der Waals surface area (Å²) in [4.78, 5) is 12.8. The van der Waals surface area contributed by atoms with Crippen LogP contribution in [0.1, 0.15) is 5.56 Å². The van der Waals surface area contributed by atoms with Gasteiger partial charge in [0, 0.05) is 20.2 Å². The molecular formula is C12H14ClNO2. The van der Waals surface area contributed by atoms with Crippen molar-refractivity contribution in [1.29, 1.82) is 0 Å². The van der Waals surface area contributed by atoms with E-state index < -0.39 is 0 Å². The van der Waals surface area contributed by atoms with Gasteiger partial charge in [-0.05, 0) is 23.8 Å². The molecule has 86 valence electrons. The van der Waals surface area contributed by atoms with E-state index in [4.69, 9.17) is 16.3 Å². The van der Waals surface area contributed by atoms with Crippen LogP contribution in [0.25, 0.3) is 6.08 Å². The lowest BCUT2D eigenvalue weighted by Crippen LogP contribution is -2.18. The highest BCUT2D eigenvalue weighted by Gasteiger charge is 2.01. The van der Waals surface area contributed by atoms with Crippen molar-refractivity contribution in [1.82, 2.24) is 4.90 Å². The molecule has 0 saturated carbocycles. The normalized spacial score (nSPS) is 10.5. The summed E-state index contributed by atoms with van der Waals surface area (Å²) in [7, 11) is 4.97. The molecule has 0 N–H and O–H groups in total. The van der Waals surface area contributed by atoms with Gasteiger partial charge in [-0.25, -0.2) is 0 Å². The molecule has 0 aliphatic rings. The van der Waals surface area contributed by atoms with Crippen LogP contribution in [0, 0.1) is 0 Å². The number of hydrogen-bond acceptors (Lipinski definition) is 2. The second kappa shape index (κ2) is 5.56. The Hall–Kier alpha value is -1.48. The third-order valence-corrected chi connectivity index (χ3v) is 2.33. The third-order valence-electron chi connectivity index (χ3n) is 2.03. The van der Waals surface area contributed by atoms with Crippen LogP contribution in [0.3, 0.4) is 0 Å². The van der Waals surface area contributed by atoms with Crippen LogP contribution in [0.2, 0.25) is 5.02 Å². The van der Waals surface area contributed by atoms with Crippen molar-refractivity contribution in [3.63, 3.8) is 0 Å². The molecule has 1 rings (SSSR count). The van der Waals surface area contributed by atoms with Gasteiger partial charge < -0.3 is 9.64 Å². The molecule has 4 heteroatoms. The van der Waals surface area contributed by atoms with Crippen molar-refractivity contribution in [3.05, 3.63) is 34.9 Å². The van der Waals surface area contributed by atoms with E-state index in [9.17, 15) is 4.79 Å². The number of ether oxygens (including phenoxy) is 1. The highest BCUT2D eigenvalue weighted by Crippen LogP contribution is 2.25. The van der Waals surface area contributed by atoms with Crippen LogP contribution in [-0.4, -0.2) is 32.0 Å². The van der Waals surface area contributed by atoms with E-state index in [0.29, 0.717) is 10.8 Å². The second-order valence-electron chi connectivity index (χ2n) is 3.46. The Bertz CT molecular complexity index is 413. The van der Waals surface area contributed by atoms with Gasteiger partial charge in [0.05, 0.1) is 12.1 Å². The summed E-state index contributed by atoms with van der Waals surface area (Å²) >= 11 is 5.95. The molecule has 3 nitrogen and oxygen atoms in total. The Kier molecular flexibility index (Phi) is 4.38. The molecule has 16 heavy (non-hydrogen) atoms. The summed E-state index contributed by atoms with van der Waals surface area (Å²) < 4.78 is 5.03. The number of carbonyl (C=O) groups excluding carboxylic acids is 1. The fourth-order valence-corrected chi connectivity index (χ4v) is 1.37. The molecule has 1 aromatic carbocycles. The molecule has 1 amide bonds. The first-order valence-electron chi connectivity index (χ1n) is 4.77. The molecular weight excluding hydrogens is 226 g/mol. The second-order valence-corrected chi connectivity index (χ2v) is 3.87. The van der Waals surface area contributed by atoms with Crippen molar-refractivity contribution >= 4 is 23.6 Å². The predicted molar refractivity (Wildman–Crippen MR) is 65.7 cm³/mol. The van der Waals surface area contributed by atoms with Gasteiger partial charge in [0.25, 0.3) is 0 Å². The van der Waals surface area contributed by atoms with Gasteiger partial charge in [0.1, 0.15) is 5.75 Å². The topological polar surface area (TPSA) is 29.5 Å². The monoisotopic (exact) mass is 239 g/mol. The van der Waals surface area contributed by atoms with Gasteiger partial charge >= 0.3 is 0 Å². The minimum absolute atomic E-state index is 0.0630. The molecule has 0 aromatic heterocycles. The summed E-state index contributed by atoms with van der Waals surface area (Å²) in [5, 5.41) is 0.530. The molecule has 0 spiro atoms. The molecule has 0 aliphatic heterocycles. The van der Waals surface area contributed by atoms with Gasteiger partial charge in [0.2, 0.25) is 5.91 Å². The van der Waals surface area contributed by atoms with E-state index in [1.807, 2.05) is 6.07 Å². The lowest BCUT2D eigenvalue weighted by Gasteiger charge is -2.06. The van der Waals surface area contributed by atoms with Crippen LogP contribution in [0.5, 0.6) is 5.75 Å². The zero-order chi connectivity index (χ0) is 12.1. The van der Waals surface area contributed by atoms with Crippen LogP contribution < -0.4 is 4.74 Å². The molecule has 0 bridgehead atoms. The van der Waals surface area contributed by atoms with Gasteiger partial charge in [-0.1, -0.05) is 17.7 Å². The standard InChI is InChI=1S/C12H14ClNO2/c1-14(2)12(15)7-5-9-4-6-11(16-3)10(13)8-9/h4-8H,1-3H3. The molecule has 0 aliphatic carbocycles. The molecule has 0 heterocycles. The van der Waals surface area contributed by atoms with Crippen LogP contribution >= 0.6 is 11.6 Å². The van der Waals surface area contributed by atoms with E-state index in [1.54, 1.807) is 39.4 Å². The fourth-order valence-electron chi connectivity index (χ4n) is 1.10. The first kappa shape index (κ1) is 12.6. The van der Waals surface area contributed by atoms with Crippen molar-refractivity contribution in [2.45, 2.75) is 0 Å². The number of benzene rings is 1. The number of amides is 1. The smallest absolute Gasteiger partial charge is 0.246 e. The number of nitrogens with zero attached hydrogens (tertiary/aromatic N) is 1. The van der Waals surface area contributed by atoms with Gasteiger partial charge in [-0.15, -0.1) is 0 Å². The average Bonchev–Trinajstić information content (AvgIpc) is 2.25. The maximum absolute atomic E-state index is 11.3. The summed E-state index contributed by atoms with van der Waals surface area (Å²) in [6.45, 7) is 0. The van der Waals surface area contributed by atoms with Crippen LogP contribution in [-0.2, 0) is 4.79 Å². The number of halogens is 1. The zero-order valence-corrected chi connectivity index (χ0v) is 10.3. The van der Waals surface area contributed by atoms with E-state index in [0.717, 1.165) is 5.56 Å².